The number of carbonyl (C=O) groups excluding carboxylic acids is 1. The summed E-state index contributed by atoms with van der Waals surface area (Å²) in [6, 6.07) is 0. The molecule has 0 aliphatic carbocycles. The van der Waals surface area contributed by atoms with E-state index < -0.39 is 17.4 Å². The number of hydrogen-bond acceptors (Lipinski definition) is 4. The van der Waals surface area contributed by atoms with Crippen LogP contribution in [0.4, 0.5) is 0 Å². The van der Waals surface area contributed by atoms with Crippen LogP contribution in [0.1, 0.15) is 13.8 Å². The third kappa shape index (κ3) is 2.77. The van der Waals surface area contributed by atoms with Crippen molar-refractivity contribution in [1.82, 2.24) is 10.9 Å². The van der Waals surface area contributed by atoms with Gasteiger partial charge in [-0.1, -0.05) is 13.8 Å². The molecule has 0 fully saturated rings. The van der Waals surface area contributed by atoms with Crippen LogP contribution in [-0.4, -0.2) is 35.9 Å². The molecule has 1 atom stereocenters. The van der Waals surface area contributed by atoms with Gasteiger partial charge in [-0.15, -0.1) is 0 Å². The smallest absolute Gasteiger partial charge is 0.263 e. The largest absolute Gasteiger partial charge is 0.396 e. The Bertz CT molecular complexity index is 159. The van der Waals surface area contributed by atoms with Crippen molar-refractivity contribution in [3.05, 3.63) is 0 Å². The maximum absolute atomic E-state index is 11.0. The van der Waals surface area contributed by atoms with E-state index >= 15 is 0 Å². The molecule has 0 saturated heterocycles. The second kappa shape index (κ2) is 4.39. The summed E-state index contributed by atoms with van der Waals surface area (Å²) in [7, 11) is 1.52. The number of hydrazine groups is 1. The van der Waals surface area contributed by atoms with Gasteiger partial charge >= 0.3 is 0 Å². The minimum Gasteiger partial charge on any atom is -0.396 e. The molecular weight excluding hydrogens is 160 g/mol. The van der Waals surface area contributed by atoms with E-state index in [0.29, 0.717) is 0 Å². The molecule has 0 radical (unpaired) electrons. The van der Waals surface area contributed by atoms with Gasteiger partial charge in [0.2, 0.25) is 0 Å². The van der Waals surface area contributed by atoms with Crippen LogP contribution < -0.4 is 10.9 Å². The normalized spacial score (nSPS) is 14.1. The lowest BCUT2D eigenvalue weighted by atomic mass is 9.87. The van der Waals surface area contributed by atoms with Gasteiger partial charge in [-0.05, 0) is 0 Å². The van der Waals surface area contributed by atoms with Crippen molar-refractivity contribution in [2.24, 2.45) is 5.41 Å². The second-order valence-electron chi connectivity index (χ2n) is 3.29. The van der Waals surface area contributed by atoms with Gasteiger partial charge in [0.05, 0.1) is 6.61 Å². The molecule has 0 rings (SSSR count). The summed E-state index contributed by atoms with van der Waals surface area (Å²) in [5.41, 5.74) is 3.82. The van der Waals surface area contributed by atoms with Gasteiger partial charge in [0, 0.05) is 12.5 Å². The molecule has 5 nitrogen and oxygen atoms in total. The van der Waals surface area contributed by atoms with Gasteiger partial charge in [0.15, 0.2) is 0 Å². The molecule has 0 unspecified atom stereocenters. The van der Waals surface area contributed by atoms with E-state index in [9.17, 15) is 9.90 Å². The highest BCUT2D eigenvalue weighted by Crippen LogP contribution is 2.19. The fourth-order valence-electron chi connectivity index (χ4n) is 0.633. The summed E-state index contributed by atoms with van der Waals surface area (Å²) in [5, 5.41) is 18.2. The molecule has 5 heteroatoms. The summed E-state index contributed by atoms with van der Waals surface area (Å²) in [6.07, 6.45) is -1.21. The molecule has 0 spiro atoms. The highest BCUT2D eigenvalue weighted by Gasteiger charge is 2.32. The van der Waals surface area contributed by atoms with Crippen molar-refractivity contribution in [2.75, 3.05) is 13.7 Å². The zero-order valence-electron chi connectivity index (χ0n) is 7.59. The number of nitrogens with one attached hydrogen (secondary N) is 2. The maximum Gasteiger partial charge on any atom is 0.263 e. The number of aliphatic hydroxyl groups excluding tert-OH is 2. The molecule has 0 saturated carbocycles. The monoisotopic (exact) mass is 176 g/mol. The number of hydrogen-bond donors (Lipinski definition) is 4. The van der Waals surface area contributed by atoms with E-state index in [1.165, 1.54) is 7.05 Å². The SMILES string of the molecule is CNNC(=O)[C@@H](O)C(C)(C)CO. The summed E-state index contributed by atoms with van der Waals surface area (Å²) in [6.45, 7) is 2.96. The predicted octanol–water partition coefficient (Wildman–Crippen LogP) is -1.38. The standard InChI is InChI=1S/C7H16N2O3/c1-7(2,4-10)5(11)6(12)9-8-3/h5,8,10-11H,4H2,1-3H3,(H,9,12)/t5-/m1/s1. The Labute approximate surface area is 71.7 Å². The zero-order valence-corrected chi connectivity index (χ0v) is 7.59. The fraction of sp³-hybridized carbons (Fsp3) is 0.857. The minimum atomic E-state index is -1.21. The van der Waals surface area contributed by atoms with E-state index in [1.807, 2.05) is 0 Å². The molecular formula is C7H16N2O3. The van der Waals surface area contributed by atoms with Crippen LogP contribution in [0, 0.1) is 5.41 Å². The Morgan fingerprint density at radius 1 is 1.58 bits per heavy atom. The number of rotatable bonds is 4. The van der Waals surface area contributed by atoms with Gasteiger partial charge in [0.25, 0.3) is 5.91 Å². The third-order valence-corrected chi connectivity index (χ3v) is 1.64. The molecule has 4 N–H and O–H groups in total. The Balaban J connectivity index is 4.17. The Morgan fingerprint density at radius 3 is 2.42 bits per heavy atom. The Morgan fingerprint density at radius 2 is 2.08 bits per heavy atom. The lowest BCUT2D eigenvalue weighted by Gasteiger charge is -2.26. The molecule has 0 aromatic carbocycles. The first-order valence-corrected chi connectivity index (χ1v) is 3.71. The first kappa shape index (κ1) is 11.4. The van der Waals surface area contributed by atoms with Gasteiger partial charge in [-0.3, -0.25) is 10.2 Å². The van der Waals surface area contributed by atoms with Crippen LogP contribution in [-0.2, 0) is 4.79 Å². The fourth-order valence-corrected chi connectivity index (χ4v) is 0.633. The topological polar surface area (TPSA) is 81.6 Å². The summed E-state index contributed by atoms with van der Waals surface area (Å²) in [4.78, 5) is 11.0. The van der Waals surface area contributed by atoms with Crippen LogP contribution in [0.25, 0.3) is 0 Å². The quantitative estimate of drug-likeness (QED) is 0.398. The molecule has 12 heavy (non-hydrogen) atoms. The molecule has 1 amide bonds. The molecule has 0 aliphatic heterocycles. The maximum atomic E-state index is 11.0. The first-order valence-electron chi connectivity index (χ1n) is 3.71. The highest BCUT2D eigenvalue weighted by molar-refractivity contribution is 5.80. The van der Waals surface area contributed by atoms with E-state index in [2.05, 4.69) is 10.9 Å². The average Bonchev–Trinajstić information content (AvgIpc) is 2.03. The Kier molecular flexibility index (Phi) is 4.16. The molecule has 72 valence electrons. The second-order valence-corrected chi connectivity index (χ2v) is 3.29. The summed E-state index contributed by atoms with van der Waals surface area (Å²) in [5.74, 6) is -0.545. The minimum absolute atomic E-state index is 0.245. The van der Waals surface area contributed by atoms with Crippen LogP contribution in [0.15, 0.2) is 0 Å². The van der Waals surface area contributed by atoms with Crippen molar-refractivity contribution in [1.29, 1.82) is 0 Å². The summed E-state index contributed by atoms with van der Waals surface area (Å²) < 4.78 is 0. The predicted molar refractivity (Wildman–Crippen MR) is 44.1 cm³/mol. The molecule has 0 aliphatic rings. The average molecular weight is 176 g/mol. The molecule has 0 bridgehead atoms. The van der Waals surface area contributed by atoms with Crippen molar-refractivity contribution in [3.63, 3.8) is 0 Å². The van der Waals surface area contributed by atoms with Gasteiger partial charge < -0.3 is 10.2 Å². The van der Waals surface area contributed by atoms with E-state index in [1.54, 1.807) is 13.8 Å². The van der Waals surface area contributed by atoms with Gasteiger partial charge in [0.1, 0.15) is 6.10 Å². The van der Waals surface area contributed by atoms with Gasteiger partial charge in [-0.25, -0.2) is 5.43 Å². The molecule has 0 heterocycles. The zero-order chi connectivity index (χ0) is 9.78. The first-order chi connectivity index (χ1) is 5.45. The van der Waals surface area contributed by atoms with Crippen LogP contribution in [0.2, 0.25) is 0 Å². The highest BCUT2D eigenvalue weighted by atomic mass is 16.3. The van der Waals surface area contributed by atoms with Crippen molar-refractivity contribution in [2.45, 2.75) is 20.0 Å². The third-order valence-electron chi connectivity index (χ3n) is 1.64. The van der Waals surface area contributed by atoms with Crippen molar-refractivity contribution in [3.8, 4) is 0 Å². The lowest BCUT2D eigenvalue weighted by Crippen LogP contribution is -2.49. The van der Waals surface area contributed by atoms with Crippen molar-refractivity contribution < 1.29 is 15.0 Å². The molecule has 0 aromatic rings. The van der Waals surface area contributed by atoms with Crippen molar-refractivity contribution >= 4 is 5.91 Å². The van der Waals surface area contributed by atoms with Crippen LogP contribution >= 0.6 is 0 Å². The number of amides is 1. The van der Waals surface area contributed by atoms with E-state index in [0.717, 1.165) is 0 Å². The summed E-state index contributed by atoms with van der Waals surface area (Å²) >= 11 is 0. The van der Waals surface area contributed by atoms with Crippen LogP contribution in [0.5, 0.6) is 0 Å². The number of aliphatic hydroxyl groups is 2. The van der Waals surface area contributed by atoms with Gasteiger partial charge in [-0.2, -0.15) is 0 Å². The van der Waals surface area contributed by atoms with E-state index in [-0.39, 0.29) is 6.61 Å². The van der Waals surface area contributed by atoms with E-state index in [4.69, 9.17) is 5.11 Å². The Hall–Kier alpha value is -0.650. The van der Waals surface area contributed by atoms with Crippen LogP contribution in [0.3, 0.4) is 0 Å². The molecule has 0 aromatic heterocycles. The lowest BCUT2D eigenvalue weighted by molar-refractivity contribution is -0.138. The number of carbonyl (C=O) groups is 1.